The van der Waals surface area contributed by atoms with Crippen molar-refractivity contribution in [2.24, 2.45) is 0 Å². The van der Waals surface area contributed by atoms with Crippen molar-refractivity contribution in [1.29, 1.82) is 0 Å². The molecule has 22 heavy (non-hydrogen) atoms. The summed E-state index contributed by atoms with van der Waals surface area (Å²) < 4.78 is 2.33. The largest absolute Gasteiger partial charge is 0.331 e. The third-order valence-corrected chi connectivity index (χ3v) is 6.08. The van der Waals surface area contributed by atoms with Crippen molar-refractivity contribution in [3.63, 3.8) is 0 Å². The number of aryl methyl sites for hydroxylation is 1. The topological polar surface area (TPSA) is 17.8 Å². The normalized spacial score (nSPS) is 11.0. The minimum atomic E-state index is -0.594. The second-order valence-corrected chi connectivity index (χ2v) is 7.38. The van der Waals surface area contributed by atoms with Gasteiger partial charge in [-0.3, -0.25) is 0 Å². The van der Waals surface area contributed by atoms with Crippen LogP contribution in [-0.4, -0.2) is 9.55 Å². The highest BCUT2D eigenvalue weighted by molar-refractivity contribution is 7.79. The first-order valence-corrected chi connectivity index (χ1v) is 9.15. The fraction of sp³-hybridized carbons (Fsp3) is 0.211. The average Bonchev–Trinajstić information content (AvgIpc) is 3.03. The van der Waals surface area contributed by atoms with Gasteiger partial charge in [-0.15, -0.1) is 0 Å². The molecule has 3 heteroatoms. The Morgan fingerprint density at radius 2 is 1.50 bits per heavy atom. The van der Waals surface area contributed by atoms with Gasteiger partial charge in [0.15, 0.2) is 0 Å². The summed E-state index contributed by atoms with van der Waals surface area (Å²) in [5.41, 5.74) is 1.20. The molecule has 2 aromatic carbocycles. The summed E-state index contributed by atoms with van der Waals surface area (Å²) in [6.07, 6.45) is 6.45. The molecular formula is C19H21N2P. The Bertz CT molecular complexity index is 652. The predicted octanol–water partition coefficient (Wildman–Crippen LogP) is 3.44. The fourth-order valence-electron chi connectivity index (χ4n) is 2.54. The van der Waals surface area contributed by atoms with Gasteiger partial charge >= 0.3 is 0 Å². The fourth-order valence-corrected chi connectivity index (χ4v) is 4.85. The Hall–Kier alpha value is -1.92. The molecule has 112 valence electrons. The molecule has 3 aromatic rings. The highest BCUT2D eigenvalue weighted by atomic mass is 31.1. The molecule has 0 amide bonds. The van der Waals surface area contributed by atoms with Crippen molar-refractivity contribution in [3.05, 3.63) is 73.1 Å². The van der Waals surface area contributed by atoms with E-state index in [2.05, 4.69) is 78.4 Å². The summed E-state index contributed by atoms with van der Waals surface area (Å²) in [6.45, 7) is 3.28. The first-order chi connectivity index (χ1) is 10.9. The smallest absolute Gasteiger partial charge is 0.140 e. The highest BCUT2D eigenvalue weighted by Gasteiger charge is 2.20. The second kappa shape index (κ2) is 7.38. The van der Waals surface area contributed by atoms with Crippen LogP contribution in [0.1, 0.15) is 19.8 Å². The van der Waals surface area contributed by atoms with E-state index < -0.39 is 7.92 Å². The van der Waals surface area contributed by atoms with E-state index in [1.807, 2.05) is 6.20 Å². The van der Waals surface area contributed by atoms with Crippen molar-refractivity contribution in [2.75, 3.05) is 0 Å². The number of benzene rings is 2. The number of rotatable bonds is 6. The maximum absolute atomic E-state index is 4.71. The Balaban J connectivity index is 2.05. The summed E-state index contributed by atoms with van der Waals surface area (Å²) in [7, 11) is -0.594. The quantitative estimate of drug-likeness (QED) is 0.638. The SMILES string of the molecule is CCCCn1ccnc1P(c1ccccc1)c1ccccc1. The van der Waals surface area contributed by atoms with Gasteiger partial charge in [0, 0.05) is 26.9 Å². The monoisotopic (exact) mass is 308 g/mol. The van der Waals surface area contributed by atoms with E-state index in [1.165, 1.54) is 29.0 Å². The molecule has 2 nitrogen and oxygen atoms in total. The van der Waals surface area contributed by atoms with Crippen molar-refractivity contribution < 1.29 is 0 Å². The lowest BCUT2D eigenvalue weighted by Gasteiger charge is -2.19. The first-order valence-electron chi connectivity index (χ1n) is 7.81. The third kappa shape index (κ3) is 3.28. The number of aromatic nitrogens is 2. The Labute approximate surface area is 133 Å². The van der Waals surface area contributed by atoms with Crippen molar-refractivity contribution in [1.82, 2.24) is 9.55 Å². The van der Waals surface area contributed by atoms with Crippen LogP contribution in [0.5, 0.6) is 0 Å². The van der Waals surface area contributed by atoms with Crippen molar-refractivity contribution in [3.8, 4) is 0 Å². The third-order valence-electron chi connectivity index (χ3n) is 3.67. The second-order valence-electron chi connectivity index (χ2n) is 5.28. The maximum Gasteiger partial charge on any atom is 0.140 e. The molecule has 3 rings (SSSR count). The molecule has 0 aliphatic carbocycles. The van der Waals surface area contributed by atoms with Crippen LogP contribution in [0, 0.1) is 0 Å². The zero-order chi connectivity index (χ0) is 15.2. The van der Waals surface area contributed by atoms with Gasteiger partial charge in [-0.2, -0.15) is 0 Å². The average molecular weight is 308 g/mol. The van der Waals surface area contributed by atoms with E-state index in [9.17, 15) is 0 Å². The Kier molecular flexibility index (Phi) is 5.03. The number of nitrogens with zero attached hydrogens (tertiary/aromatic N) is 2. The van der Waals surface area contributed by atoms with Crippen LogP contribution in [0.4, 0.5) is 0 Å². The van der Waals surface area contributed by atoms with Gasteiger partial charge in [0.1, 0.15) is 5.57 Å². The number of unbranched alkanes of at least 4 members (excludes halogenated alkanes) is 1. The standard InChI is InChI=1S/C19H21N2P/c1-2-3-15-21-16-14-20-19(21)22(17-10-6-4-7-11-17)18-12-8-5-9-13-18/h4-14,16H,2-3,15H2,1H3. The summed E-state index contributed by atoms with van der Waals surface area (Å²) >= 11 is 0. The van der Waals surface area contributed by atoms with Crippen LogP contribution in [-0.2, 0) is 6.54 Å². The molecule has 0 aliphatic rings. The van der Waals surface area contributed by atoms with Crippen LogP contribution < -0.4 is 16.2 Å². The highest BCUT2D eigenvalue weighted by Crippen LogP contribution is 2.31. The lowest BCUT2D eigenvalue weighted by Crippen LogP contribution is -2.27. The number of imidazole rings is 1. The lowest BCUT2D eigenvalue weighted by atomic mass is 10.3. The van der Waals surface area contributed by atoms with Gasteiger partial charge in [0.05, 0.1) is 0 Å². The van der Waals surface area contributed by atoms with Crippen LogP contribution in [0.2, 0.25) is 0 Å². The zero-order valence-electron chi connectivity index (χ0n) is 12.9. The minimum Gasteiger partial charge on any atom is -0.331 e. The number of hydrogen-bond acceptors (Lipinski definition) is 1. The number of hydrogen-bond donors (Lipinski definition) is 0. The zero-order valence-corrected chi connectivity index (χ0v) is 13.8. The van der Waals surface area contributed by atoms with Gasteiger partial charge < -0.3 is 4.57 Å². The van der Waals surface area contributed by atoms with Gasteiger partial charge in [-0.05, 0) is 17.0 Å². The predicted molar refractivity (Wildman–Crippen MR) is 95.8 cm³/mol. The van der Waals surface area contributed by atoms with Gasteiger partial charge in [-0.1, -0.05) is 74.0 Å². The van der Waals surface area contributed by atoms with E-state index in [0.717, 1.165) is 6.54 Å². The molecule has 1 heterocycles. The van der Waals surface area contributed by atoms with Crippen LogP contribution >= 0.6 is 7.92 Å². The van der Waals surface area contributed by atoms with Gasteiger partial charge in [0.25, 0.3) is 0 Å². The summed E-state index contributed by atoms with van der Waals surface area (Å²) in [4.78, 5) is 4.71. The van der Waals surface area contributed by atoms with Crippen molar-refractivity contribution >= 4 is 24.1 Å². The summed E-state index contributed by atoms with van der Waals surface area (Å²) in [5.74, 6) is 0. The van der Waals surface area contributed by atoms with Crippen molar-refractivity contribution in [2.45, 2.75) is 26.3 Å². The lowest BCUT2D eigenvalue weighted by molar-refractivity contribution is 0.644. The molecule has 0 saturated heterocycles. The molecule has 0 aliphatic heterocycles. The molecule has 0 spiro atoms. The molecule has 0 atom stereocenters. The summed E-state index contributed by atoms with van der Waals surface area (Å²) in [6, 6.07) is 21.5. The molecule has 0 bridgehead atoms. The molecule has 0 N–H and O–H groups in total. The Morgan fingerprint density at radius 3 is 2.05 bits per heavy atom. The Morgan fingerprint density at radius 1 is 0.909 bits per heavy atom. The molecule has 0 unspecified atom stereocenters. The summed E-state index contributed by atoms with van der Waals surface area (Å²) in [5, 5.41) is 2.71. The van der Waals surface area contributed by atoms with E-state index in [-0.39, 0.29) is 0 Å². The molecule has 0 saturated carbocycles. The molecular weight excluding hydrogens is 287 g/mol. The van der Waals surface area contributed by atoms with E-state index >= 15 is 0 Å². The molecule has 0 radical (unpaired) electrons. The van der Waals surface area contributed by atoms with Crippen LogP contribution in [0.3, 0.4) is 0 Å². The minimum absolute atomic E-state index is 0.594. The molecule has 1 aromatic heterocycles. The molecule has 0 fully saturated rings. The van der Waals surface area contributed by atoms with E-state index in [4.69, 9.17) is 4.98 Å². The first kappa shape index (κ1) is 15.0. The van der Waals surface area contributed by atoms with Crippen LogP contribution in [0.15, 0.2) is 73.1 Å². The van der Waals surface area contributed by atoms with Crippen LogP contribution in [0.25, 0.3) is 0 Å². The van der Waals surface area contributed by atoms with Gasteiger partial charge in [0.2, 0.25) is 0 Å². The van der Waals surface area contributed by atoms with E-state index in [0.29, 0.717) is 0 Å². The van der Waals surface area contributed by atoms with E-state index in [1.54, 1.807) is 0 Å². The maximum atomic E-state index is 4.71. The van der Waals surface area contributed by atoms with Gasteiger partial charge in [-0.25, -0.2) is 4.98 Å².